The zero-order valence-electron chi connectivity index (χ0n) is 8.34. The Kier molecular flexibility index (Phi) is 3.25. The number of halogens is 1. The van der Waals surface area contributed by atoms with Crippen LogP contribution in [0.15, 0.2) is 58.1 Å². The van der Waals surface area contributed by atoms with Crippen molar-refractivity contribution in [1.29, 1.82) is 0 Å². The van der Waals surface area contributed by atoms with E-state index < -0.39 is 0 Å². The van der Waals surface area contributed by atoms with Gasteiger partial charge in [0.15, 0.2) is 0 Å². The minimum atomic E-state index is 0.646. The Morgan fingerprint density at radius 1 is 1.00 bits per heavy atom. The molecule has 0 aliphatic rings. The maximum atomic E-state index is 8.49. The Morgan fingerprint density at radius 3 is 2.38 bits per heavy atom. The lowest BCUT2D eigenvalue weighted by molar-refractivity contribution is 1.46. The van der Waals surface area contributed by atoms with Gasteiger partial charge in [-0.3, -0.25) is 0 Å². The molecule has 0 atom stereocenters. The molecule has 0 fully saturated rings. The van der Waals surface area contributed by atoms with E-state index in [1.807, 2.05) is 42.5 Å². The van der Waals surface area contributed by atoms with Crippen LogP contribution in [-0.4, -0.2) is 0 Å². The Morgan fingerprint density at radius 2 is 1.69 bits per heavy atom. The second-order valence-corrected chi connectivity index (χ2v) is 4.13. The smallest absolute Gasteiger partial charge is 0.0453 e. The second-order valence-electron chi connectivity index (χ2n) is 3.21. The molecule has 2 rings (SSSR count). The van der Waals surface area contributed by atoms with Gasteiger partial charge in [-0.05, 0) is 28.8 Å². The van der Waals surface area contributed by atoms with Crippen molar-refractivity contribution < 1.29 is 0 Å². The van der Waals surface area contributed by atoms with E-state index in [1.54, 1.807) is 6.07 Å². The van der Waals surface area contributed by atoms with Crippen LogP contribution in [0.4, 0.5) is 5.69 Å². The summed E-state index contributed by atoms with van der Waals surface area (Å²) in [5, 5.41) is 3.67. The molecule has 16 heavy (non-hydrogen) atoms. The predicted octanol–water partition coefficient (Wildman–Crippen LogP) is 5.06. The number of hydrogen-bond acceptors (Lipinski definition) is 1. The van der Waals surface area contributed by atoms with Gasteiger partial charge in [0.2, 0.25) is 0 Å². The van der Waals surface area contributed by atoms with E-state index in [4.69, 9.17) is 5.53 Å². The normalized spacial score (nSPS) is 9.56. The fourth-order valence-electron chi connectivity index (χ4n) is 1.48. The van der Waals surface area contributed by atoms with Crippen LogP contribution in [0.3, 0.4) is 0 Å². The molecule has 2 aromatic carbocycles. The first-order valence-electron chi connectivity index (χ1n) is 4.71. The zero-order chi connectivity index (χ0) is 11.4. The van der Waals surface area contributed by atoms with Crippen LogP contribution in [0.2, 0.25) is 0 Å². The molecule has 2 aromatic rings. The van der Waals surface area contributed by atoms with Gasteiger partial charge in [-0.1, -0.05) is 57.4 Å². The van der Waals surface area contributed by atoms with Crippen LogP contribution in [0.5, 0.6) is 0 Å². The van der Waals surface area contributed by atoms with Gasteiger partial charge in [0.25, 0.3) is 0 Å². The van der Waals surface area contributed by atoms with Gasteiger partial charge < -0.3 is 0 Å². The van der Waals surface area contributed by atoms with Gasteiger partial charge in [-0.2, -0.15) is 0 Å². The topological polar surface area (TPSA) is 48.8 Å². The van der Waals surface area contributed by atoms with Crippen LogP contribution >= 0.6 is 15.9 Å². The number of benzene rings is 2. The van der Waals surface area contributed by atoms with E-state index >= 15 is 0 Å². The maximum absolute atomic E-state index is 8.49. The molecule has 0 bridgehead atoms. The van der Waals surface area contributed by atoms with Crippen molar-refractivity contribution in [3.05, 3.63) is 63.4 Å². The summed E-state index contributed by atoms with van der Waals surface area (Å²) in [6.45, 7) is 0. The van der Waals surface area contributed by atoms with Crippen LogP contribution in [0, 0.1) is 0 Å². The lowest BCUT2D eigenvalue weighted by Crippen LogP contribution is -1.77. The van der Waals surface area contributed by atoms with Gasteiger partial charge in [0.05, 0.1) is 0 Å². The minimum absolute atomic E-state index is 0.646. The van der Waals surface area contributed by atoms with E-state index in [0.29, 0.717) is 5.69 Å². The molecule has 3 nitrogen and oxygen atoms in total. The summed E-state index contributed by atoms with van der Waals surface area (Å²) in [7, 11) is 0. The number of nitrogens with zero attached hydrogens (tertiary/aromatic N) is 3. The highest BCUT2D eigenvalue weighted by Crippen LogP contribution is 2.30. The fourth-order valence-corrected chi connectivity index (χ4v) is 1.75. The van der Waals surface area contributed by atoms with E-state index in [2.05, 4.69) is 26.0 Å². The molecule has 0 saturated heterocycles. The fraction of sp³-hybridized carbons (Fsp3) is 0. The molecule has 0 aromatic heterocycles. The molecule has 0 N–H and O–H groups in total. The lowest BCUT2D eigenvalue weighted by atomic mass is 10.0. The lowest BCUT2D eigenvalue weighted by Gasteiger charge is -2.04. The van der Waals surface area contributed by atoms with Crippen molar-refractivity contribution in [2.75, 3.05) is 0 Å². The third-order valence-electron chi connectivity index (χ3n) is 2.21. The van der Waals surface area contributed by atoms with E-state index in [0.717, 1.165) is 15.6 Å². The highest BCUT2D eigenvalue weighted by molar-refractivity contribution is 9.10. The Hall–Kier alpha value is -1.77. The largest absolute Gasteiger partial charge is 0.0618 e. The van der Waals surface area contributed by atoms with Gasteiger partial charge in [0.1, 0.15) is 0 Å². The summed E-state index contributed by atoms with van der Waals surface area (Å²) in [5.41, 5.74) is 11.1. The molecular weight excluding hydrogens is 266 g/mol. The highest BCUT2D eigenvalue weighted by atomic mass is 79.9. The van der Waals surface area contributed by atoms with E-state index in [-0.39, 0.29) is 0 Å². The first-order valence-corrected chi connectivity index (χ1v) is 5.50. The number of hydrogen-bond donors (Lipinski definition) is 0. The first kappa shape index (κ1) is 10.7. The first-order chi connectivity index (χ1) is 7.81. The van der Waals surface area contributed by atoms with Gasteiger partial charge >= 0.3 is 0 Å². The van der Waals surface area contributed by atoms with Gasteiger partial charge in [-0.15, -0.1) is 0 Å². The molecule has 0 radical (unpaired) electrons. The summed E-state index contributed by atoms with van der Waals surface area (Å²) in [6, 6.07) is 15.4. The van der Waals surface area contributed by atoms with Crippen molar-refractivity contribution in [3.8, 4) is 11.1 Å². The Balaban J connectivity index is 2.55. The quantitative estimate of drug-likeness (QED) is 0.417. The maximum Gasteiger partial charge on any atom is 0.0453 e. The third kappa shape index (κ3) is 2.24. The summed E-state index contributed by atoms with van der Waals surface area (Å²) in [5.74, 6) is 0. The summed E-state index contributed by atoms with van der Waals surface area (Å²) in [4.78, 5) is 2.83. The van der Waals surface area contributed by atoms with Crippen LogP contribution < -0.4 is 0 Å². The summed E-state index contributed by atoms with van der Waals surface area (Å²) >= 11 is 3.39. The molecule has 4 heteroatoms. The Labute approximate surface area is 101 Å². The minimum Gasteiger partial charge on any atom is -0.0618 e. The molecule has 0 aliphatic heterocycles. The van der Waals surface area contributed by atoms with Crippen molar-refractivity contribution in [2.45, 2.75) is 0 Å². The predicted molar refractivity (Wildman–Crippen MR) is 68.4 cm³/mol. The van der Waals surface area contributed by atoms with E-state index in [9.17, 15) is 0 Å². The molecule has 0 aliphatic carbocycles. The van der Waals surface area contributed by atoms with Crippen molar-refractivity contribution >= 4 is 21.6 Å². The monoisotopic (exact) mass is 273 g/mol. The van der Waals surface area contributed by atoms with Crippen molar-refractivity contribution in [2.24, 2.45) is 5.11 Å². The van der Waals surface area contributed by atoms with Crippen LogP contribution in [-0.2, 0) is 0 Å². The van der Waals surface area contributed by atoms with Gasteiger partial charge in [-0.25, -0.2) is 0 Å². The molecule has 0 unspecified atom stereocenters. The highest BCUT2D eigenvalue weighted by Gasteiger charge is 2.02. The molecule has 0 spiro atoms. The molecule has 0 heterocycles. The Bertz CT molecular complexity index is 542. The standard InChI is InChI=1S/C12H8BrN3/c13-10-7-5-9(6-8-10)11-3-1-2-4-12(11)15-16-14/h1-8H. The average Bonchev–Trinajstić information content (AvgIpc) is 2.32. The molecule has 0 saturated carbocycles. The second kappa shape index (κ2) is 4.84. The third-order valence-corrected chi connectivity index (χ3v) is 2.74. The van der Waals surface area contributed by atoms with Crippen molar-refractivity contribution in [3.63, 3.8) is 0 Å². The summed E-state index contributed by atoms with van der Waals surface area (Å²) in [6.07, 6.45) is 0. The van der Waals surface area contributed by atoms with Crippen LogP contribution in [0.25, 0.3) is 21.6 Å². The molecular formula is C12H8BrN3. The van der Waals surface area contributed by atoms with Gasteiger partial charge in [0, 0.05) is 15.1 Å². The summed E-state index contributed by atoms with van der Waals surface area (Å²) < 4.78 is 1.03. The average molecular weight is 274 g/mol. The van der Waals surface area contributed by atoms with E-state index in [1.165, 1.54) is 0 Å². The van der Waals surface area contributed by atoms with Crippen molar-refractivity contribution in [1.82, 2.24) is 0 Å². The number of azide groups is 1. The van der Waals surface area contributed by atoms with Crippen LogP contribution in [0.1, 0.15) is 0 Å². The SMILES string of the molecule is [N-]=[N+]=Nc1ccccc1-c1ccc(Br)cc1. The molecule has 78 valence electrons. The molecule has 0 amide bonds. The zero-order valence-corrected chi connectivity index (χ0v) is 9.92. The number of rotatable bonds is 2.